The summed E-state index contributed by atoms with van der Waals surface area (Å²) in [5.41, 5.74) is 0.479. The number of aromatic carboxylic acids is 1. The number of carbonyl (C=O) groups excluding carboxylic acids is 1. The lowest BCUT2D eigenvalue weighted by molar-refractivity contribution is -0.115. The molecule has 0 saturated heterocycles. The van der Waals surface area contributed by atoms with Crippen LogP contribution in [0.4, 0.5) is 10.1 Å². The first-order valence-electron chi connectivity index (χ1n) is 5.78. The van der Waals surface area contributed by atoms with E-state index in [4.69, 9.17) is 5.11 Å². The fourth-order valence-corrected chi connectivity index (χ4v) is 1.66. The summed E-state index contributed by atoms with van der Waals surface area (Å²) in [6, 6.07) is 6.85. The molecule has 0 atom stereocenters. The zero-order valence-corrected chi connectivity index (χ0v) is 10.3. The molecule has 0 bridgehead atoms. The molecule has 0 aliphatic carbocycles. The van der Waals surface area contributed by atoms with E-state index >= 15 is 0 Å². The first-order valence-corrected chi connectivity index (χ1v) is 5.78. The Kier molecular flexibility index (Phi) is 4.05. The van der Waals surface area contributed by atoms with Crippen LogP contribution in [0.1, 0.15) is 15.9 Å². The van der Waals surface area contributed by atoms with E-state index in [1.54, 1.807) is 24.5 Å². The van der Waals surface area contributed by atoms with Crippen LogP contribution in [0, 0.1) is 5.82 Å². The summed E-state index contributed by atoms with van der Waals surface area (Å²) in [5.74, 6) is -2.56. The van der Waals surface area contributed by atoms with Crippen molar-refractivity contribution in [1.82, 2.24) is 4.98 Å². The molecule has 2 aromatic rings. The molecule has 0 fully saturated rings. The van der Waals surface area contributed by atoms with Gasteiger partial charge in [-0.2, -0.15) is 0 Å². The number of nitrogens with one attached hydrogen (secondary N) is 1. The highest BCUT2D eigenvalue weighted by Crippen LogP contribution is 2.15. The summed E-state index contributed by atoms with van der Waals surface area (Å²) in [5, 5.41) is 11.3. The van der Waals surface area contributed by atoms with Crippen LogP contribution in [0.3, 0.4) is 0 Å². The number of nitrogens with zero attached hydrogens (tertiary/aromatic N) is 1. The van der Waals surface area contributed by atoms with E-state index in [1.165, 1.54) is 6.07 Å². The van der Waals surface area contributed by atoms with Gasteiger partial charge >= 0.3 is 5.97 Å². The molecule has 0 saturated carbocycles. The number of aromatic nitrogens is 1. The average molecular weight is 274 g/mol. The number of halogens is 1. The van der Waals surface area contributed by atoms with Gasteiger partial charge in [0.05, 0.1) is 12.0 Å². The van der Waals surface area contributed by atoms with Crippen molar-refractivity contribution in [2.75, 3.05) is 5.32 Å². The molecule has 5 nitrogen and oxygen atoms in total. The number of anilines is 1. The van der Waals surface area contributed by atoms with Crippen molar-refractivity contribution in [3.63, 3.8) is 0 Å². The van der Waals surface area contributed by atoms with E-state index in [9.17, 15) is 14.0 Å². The summed E-state index contributed by atoms with van der Waals surface area (Å²) >= 11 is 0. The quantitative estimate of drug-likeness (QED) is 0.894. The molecule has 1 aromatic heterocycles. The van der Waals surface area contributed by atoms with Crippen LogP contribution in [0.15, 0.2) is 42.7 Å². The SMILES string of the molecule is O=C(Cc1cccnc1)Nc1ccc(F)c(C(=O)O)c1. The molecule has 102 valence electrons. The van der Waals surface area contributed by atoms with Gasteiger partial charge in [-0.25, -0.2) is 9.18 Å². The molecule has 2 N–H and O–H groups in total. The van der Waals surface area contributed by atoms with E-state index in [1.807, 2.05) is 0 Å². The minimum atomic E-state index is -1.38. The maximum Gasteiger partial charge on any atom is 0.338 e. The third-order valence-corrected chi connectivity index (χ3v) is 2.57. The topological polar surface area (TPSA) is 79.3 Å². The molecule has 2 rings (SSSR count). The minimum absolute atomic E-state index is 0.105. The van der Waals surface area contributed by atoms with Gasteiger partial charge < -0.3 is 10.4 Å². The van der Waals surface area contributed by atoms with E-state index in [0.29, 0.717) is 0 Å². The highest BCUT2D eigenvalue weighted by molar-refractivity contribution is 5.94. The Labute approximate surface area is 114 Å². The Morgan fingerprint density at radius 2 is 2.10 bits per heavy atom. The van der Waals surface area contributed by atoms with Gasteiger partial charge in [0.2, 0.25) is 5.91 Å². The molecule has 0 radical (unpaired) electrons. The van der Waals surface area contributed by atoms with Crippen molar-refractivity contribution in [3.8, 4) is 0 Å². The Morgan fingerprint density at radius 1 is 1.30 bits per heavy atom. The number of carbonyl (C=O) groups is 2. The third kappa shape index (κ3) is 3.38. The monoisotopic (exact) mass is 274 g/mol. The summed E-state index contributed by atoms with van der Waals surface area (Å²) in [6.45, 7) is 0. The lowest BCUT2D eigenvalue weighted by atomic mass is 10.1. The van der Waals surface area contributed by atoms with Crippen molar-refractivity contribution < 1.29 is 19.1 Å². The van der Waals surface area contributed by atoms with Crippen LogP contribution in [0.2, 0.25) is 0 Å². The van der Waals surface area contributed by atoms with Crippen molar-refractivity contribution in [3.05, 3.63) is 59.7 Å². The number of carboxylic acid groups (broad SMARTS) is 1. The summed E-state index contributed by atoms with van der Waals surface area (Å²) in [7, 11) is 0. The molecule has 0 spiro atoms. The van der Waals surface area contributed by atoms with E-state index in [2.05, 4.69) is 10.3 Å². The van der Waals surface area contributed by atoms with Crippen LogP contribution in [0.5, 0.6) is 0 Å². The van der Waals surface area contributed by atoms with Crippen LogP contribution >= 0.6 is 0 Å². The van der Waals surface area contributed by atoms with E-state index < -0.39 is 17.3 Å². The first-order chi connectivity index (χ1) is 9.56. The third-order valence-electron chi connectivity index (χ3n) is 2.57. The second-order valence-corrected chi connectivity index (χ2v) is 4.09. The number of hydrogen-bond acceptors (Lipinski definition) is 3. The highest BCUT2D eigenvalue weighted by Gasteiger charge is 2.12. The van der Waals surface area contributed by atoms with Crippen molar-refractivity contribution in [2.45, 2.75) is 6.42 Å². The fraction of sp³-hybridized carbons (Fsp3) is 0.0714. The van der Waals surface area contributed by atoms with Gasteiger partial charge in [0.1, 0.15) is 5.82 Å². The summed E-state index contributed by atoms with van der Waals surface area (Å²) < 4.78 is 13.2. The number of benzene rings is 1. The average Bonchev–Trinajstić information content (AvgIpc) is 2.41. The predicted molar refractivity (Wildman–Crippen MR) is 69.9 cm³/mol. The molecular formula is C14H11FN2O3. The number of carboxylic acids is 1. The van der Waals surface area contributed by atoms with Gasteiger partial charge in [0.15, 0.2) is 0 Å². The maximum atomic E-state index is 13.2. The smallest absolute Gasteiger partial charge is 0.338 e. The second-order valence-electron chi connectivity index (χ2n) is 4.09. The number of amides is 1. The van der Waals surface area contributed by atoms with Crippen LogP contribution < -0.4 is 5.32 Å². The lowest BCUT2D eigenvalue weighted by Crippen LogP contribution is -2.15. The van der Waals surface area contributed by atoms with Crippen molar-refractivity contribution >= 4 is 17.6 Å². The van der Waals surface area contributed by atoms with Crippen molar-refractivity contribution in [2.24, 2.45) is 0 Å². The fourth-order valence-electron chi connectivity index (χ4n) is 1.66. The molecule has 0 unspecified atom stereocenters. The summed E-state index contributed by atoms with van der Waals surface area (Å²) in [4.78, 5) is 26.4. The first kappa shape index (κ1) is 13.7. The van der Waals surface area contributed by atoms with Gasteiger partial charge in [-0.05, 0) is 29.8 Å². The van der Waals surface area contributed by atoms with E-state index in [0.717, 1.165) is 17.7 Å². The Morgan fingerprint density at radius 3 is 2.75 bits per heavy atom. The number of hydrogen-bond donors (Lipinski definition) is 2. The molecule has 1 aromatic carbocycles. The molecular weight excluding hydrogens is 263 g/mol. The Hall–Kier alpha value is -2.76. The lowest BCUT2D eigenvalue weighted by Gasteiger charge is -2.06. The molecule has 0 aliphatic heterocycles. The number of rotatable bonds is 4. The number of pyridine rings is 1. The molecule has 6 heteroatoms. The van der Waals surface area contributed by atoms with Gasteiger partial charge in [-0.15, -0.1) is 0 Å². The summed E-state index contributed by atoms with van der Waals surface area (Å²) in [6.07, 6.45) is 3.26. The molecule has 1 heterocycles. The van der Waals surface area contributed by atoms with Gasteiger partial charge in [0, 0.05) is 18.1 Å². The van der Waals surface area contributed by atoms with Crippen LogP contribution in [-0.2, 0) is 11.2 Å². The largest absolute Gasteiger partial charge is 0.478 e. The molecule has 20 heavy (non-hydrogen) atoms. The molecule has 0 aliphatic rings. The Balaban J connectivity index is 2.08. The highest BCUT2D eigenvalue weighted by atomic mass is 19.1. The Bertz CT molecular complexity index is 644. The maximum absolute atomic E-state index is 13.2. The normalized spacial score (nSPS) is 10.1. The zero-order valence-electron chi connectivity index (χ0n) is 10.3. The zero-order chi connectivity index (χ0) is 14.5. The van der Waals surface area contributed by atoms with Crippen LogP contribution in [-0.4, -0.2) is 22.0 Å². The van der Waals surface area contributed by atoms with E-state index in [-0.39, 0.29) is 18.0 Å². The van der Waals surface area contributed by atoms with Crippen molar-refractivity contribution in [1.29, 1.82) is 0 Å². The van der Waals surface area contributed by atoms with Gasteiger partial charge in [-0.3, -0.25) is 9.78 Å². The van der Waals surface area contributed by atoms with Crippen LogP contribution in [0.25, 0.3) is 0 Å². The molecule has 1 amide bonds. The minimum Gasteiger partial charge on any atom is -0.478 e. The predicted octanol–water partition coefficient (Wildman–Crippen LogP) is 2.10. The van der Waals surface area contributed by atoms with Gasteiger partial charge in [0.25, 0.3) is 0 Å². The second kappa shape index (κ2) is 5.92. The van der Waals surface area contributed by atoms with Gasteiger partial charge in [-0.1, -0.05) is 6.07 Å². The standard InChI is InChI=1S/C14H11FN2O3/c15-12-4-3-10(7-11(12)14(19)20)17-13(18)6-9-2-1-5-16-8-9/h1-5,7-8H,6H2,(H,17,18)(H,19,20).